The maximum Gasteiger partial charge on any atom is 0.329 e. The minimum atomic E-state index is -0.969. The number of hydrogen-bond donors (Lipinski definition) is 2. The van der Waals surface area contributed by atoms with Crippen molar-refractivity contribution < 1.29 is 19.1 Å². The maximum atomic E-state index is 12.1. The van der Waals surface area contributed by atoms with Crippen molar-refractivity contribution in [3.63, 3.8) is 0 Å². The Kier molecular flexibility index (Phi) is 5.03. The first-order chi connectivity index (χ1) is 10.4. The van der Waals surface area contributed by atoms with Crippen LogP contribution in [0.2, 0.25) is 5.02 Å². The molecule has 0 aromatic heterocycles. The molecule has 0 saturated carbocycles. The Morgan fingerprint density at radius 1 is 1.45 bits per heavy atom. The fraction of sp³-hybridized carbons (Fsp3) is 0.400. The van der Waals surface area contributed by atoms with E-state index in [4.69, 9.17) is 16.3 Å². The van der Waals surface area contributed by atoms with Crippen molar-refractivity contribution >= 4 is 35.1 Å². The monoisotopic (exact) mass is 324 g/mol. The minimum absolute atomic E-state index is 0.186. The van der Waals surface area contributed by atoms with Crippen LogP contribution in [0.4, 0.5) is 5.69 Å². The van der Waals surface area contributed by atoms with E-state index in [9.17, 15) is 14.4 Å². The summed E-state index contributed by atoms with van der Waals surface area (Å²) in [7, 11) is 0. The van der Waals surface area contributed by atoms with Crippen molar-refractivity contribution in [3.05, 3.63) is 28.8 Å². The van der Waals surface area contributed by atoms with Crippen molar-refractivity contribution in [2.45, 2.75) is 38.8 Å². The molecule has 6 nitrogen and oxygen atoms in total. The van der Waals surface area contributed by atoms with E-state index in [-0.39, 0.29) is 5.91 Å². The second kappa shape index (κ2) is 6.79. The SMILES string of the molecule is Cc1ccc(Cl)cc1NC(=O)C(C)OC(=O)C1CCC(=O)N1. The number of halogens is 1. The molecule has 1 heterocycles. The van der Waals surface area contributed by atoms with Gasteiger partial charge in [0.1, 0.15) is 6.04 Å². The van der Waals surface area contributed by atoms with Gasteiger partial charge in [0.2, 0.25) is 5.91 Å². The molecular weight excluding hydrogens is 308 g/mol. The van der Waals surface area contributed by atoms with Crippen LogP contribution in [0, 0.1) is 6.92 Å². The van der Waals surface area contributed by atoms with Crippen molar-refractivity contribution in [1.29, 1.82) is 0 Å². The van der Waals surface area contributed by atoms with E-state index in [0.717, 1.165) is 5.56 Å². The first kappa shape index (κ1) is 16.3. The van der Waals surface area contributed by atoms with Gasteiger partial charge in [0, 0.05) is 17.1 Å². The van der Waals surface area contributed by atoms with Crippen LogP contribution in [-0.2, 0) is 19.1 Å². The number of hydrogen-bond acceptors (Lipinski definition) is 4. The molecule has 2 unspecified atom stereocenters. The maximum absolute atomic E-state index is 12.1. The van der Waals surface area contributed by atoms with Crippen LogP contribution in [0.3, 0.4) is 0 Å². The normalized spacial score (nSPS) is 18.5. The number of aryl methyl sites for hydroxylation is 1. The molecule has 0 aliphatic carbocycles. The highest BCUT2D eigenvalue weighted by Crippen LogP contribution is 2.20. The lowest BCUT2D eigenvalue weighted by atomic mass is 10.2. The summed E-state index contributed by atoms with van der Waals surface area (Å²) in [5, 5.41) is 5.67. The van der Waals surface area contributed by atoms with Gasteiger partial charge in [-0.05, 0) is 38.0 Å². The summed E-state index contributed by atoms with van der Waals surface area (Å²) in [5.74, 6) is -1.24. The Morgan fingerprint density at radius 2 is 2.18 bits per heavy atom. The number of carbonyl (C=O) groups is 3. The van der Waals surface area contributed by atoms with Gasteiger partial charge in [-0.3, -0.25) is 9.59 Å². The molecule has 22 heavy (non-hydrogen) atoms. The predicted molar refractivity (Wildman–Crippen MR) is 81.5 cm³/mol. The third-order valence-corrected chi connectivity index (χ3v) is 3.63. The second-order valence-corrected chi connectivity index (χ2v) is 5.62. The molecule has 1 aromatic rings. The van der Waals surface area contributed by atoms with Crippen LogP contribution in [-0.4, -0.2) is 29.9 Å². The van der Waals surface area contributed by atoms with E-state index in [1.54, 1.807) is 18.2 Å². The molecule has 1 aromatic carbocycles. The highest BCUT2D eigenvalue weighted by molar-refractivity contribution is 6.31. The van der Waals surface area contributed by atoms with Crippen LogP contribution in [0.25, 0.3) is 0 Å². The van der Waals surface area contributed by atoms with Gasteiger partial charge in [-0.15, -0.1) is 0 Å². The van der Waals surface area contributed by atoms with E-state index in [2.05, 4.69) is 10.6 Å². The first-order valence-corrected chi connectivity index (χ1v) is 7.31. The Hall–Kier alpha value is -2.08. The molecule has 2 N–H and O–H groups in total. The molecule has 1 aliphatic heterocycles. The summed E-state index contributed by atoms with van der Waals surface area (Å²) in [5.41, 5.74) is 1.41. The van der Waals surface area contributed by atoms with E-state index < -0.39 is 24.0 Å². The summed E-state index contributed by atoms with van der Waals surface area (Å²) >= 11 is 5.89. The minimum Gasteiger partial charge on any atom is -0.451 e. The Labute approximate surface area is 133 Å². The number of nitrogens with one attached hydrogen (secondary N) is 2. The Morgan fingerprint density at radius 3 is 2.82 bits per heavy atom. The Balaban J connectivity index is 1.93. The molecular formula is C15H17ClN2O4. The lowest BCUT2D eigenvalue weighted by Crippen LogP contribution is -2.39. The smallest absolute Gasteiger partial charge is 0.329 e. The van der Waals surface area contributed by atoms with Gasteiger partial charge in [0.05, 0.1) is 0 Å². The summed E-state index contributed by atoms with van der Waals surface area (Å²) in [6, 6.07) is 4.46. The molecule has 7 heteroatoms. The van der Waals surface area contributed by atoms with Gasteiger partial charge in [0.25, 0.3) is 5.91 Å². The van der Waals surface area contributed by atoms with E-state index in [1.807, 2.05) is 6.92 Å². The topological polar surface area (TPSA) is 84.5 Å². The number of esters is 1. The third kappa shape index (κ3) is 3.98. The highest BCUT2D eigenvalue weighted by Gasteiger charge is 2.30. The first-order valence-electron chi connectivity index (χ1n) is 6.93. The van der Waals surface area contributed by atoms with Crippen LogP contribution in [0.15, 0.2) is 18.2 Å². The summed E-state index contributed by atoms with van der Waals surface area (Å²) in [4.78, 5) is 35.0. The average molecular weight is 325 g/mol. The molecule has 1 saturated heterocycles. The van der Waals surface area contributed by atoms with E-state index in [1.165, 1.54) is 6.92 Å². The summed E-state index contributed by atoms with van der Waals surface area (Å²) in [6.07, 6.45) is -0.287. The summed E-state index contributed by atoms with van der Waals surface area (Å²) in [6.45, 7) is 3.31. The van der Waals surface area contributed by atoms with Gasteiger partial charge in [-0.2, -0.15) is 0 Å². The zero-order valence-electron chi connectivity index (χ0n) is 12.3. The van der Waals surface area contributed by atoms with Crippen LogP contribution < -0.4 is 10.6 Å². The van der Waals surface area contributed by atoms with E-state index >= 15 is 0 Å². The number of benzene rings is 1. The van der Waals surface area contributed by atoms with Crippen LogP contribution in [0.5, 0.6) is 0 Å². The number of amides is 2. The lowest BCUT2D eigenvalue weighted by Gasteiger charge is -2.17. The van der Waals surface area contributed by atoms with Gasteiger partial charge in [-0.25, -0.2) is 4.79 Å². The fourth-order valence-electron chi connectivity index (χ4n) is 2.06. The average Bonchev–Trinajstić information content (AvgIpc) is 2.89. The molecule has 0 radical (unpaired) electrons. The molecule has 2 atom stereocenters. The number of ether oxygens (including phenoxy) is 1. The molecule has 1 aliphatic rings. The summed E-state index contributed by atoms with van der Waals surface area (Å²) < 4.78 is 5.09. The predicted octanol–water partition coefficient (Wildman–Crippen LogP) is 1.80. The van der Waals surface area contributed by atoms with Crippen LogP contribution >= 0.6 is 11.6 Å². The van der Waals surface area contributed by atoms with E-state index in [0.29, 0.717) is 23.6 Å². The number of anilines is 1. The van der Waals surface area contributed by atoms with Gasteiger partial charge < -0.3 is 15.4 Å². The van der Waals surface area contributed by atoms with Crippen molar-refractivity contribution in [2.75, 3.05) is 5.32 Å². The van der Waals surface area contributed by atoms with Gasteiger partial charge >= 0.3 is 5.97 Å². The molecule has 118 valence electrons. The molecule has 0 bridgehead atoms. The van der Waals surface area contributed by atoms with Gasteiger partial charge in [-0.1, -0.05) is 17.7 Å². The molecule has 1 fully saturated rings. The standard InChI is InChI=1S/C15H17ClN2O4/c1-8-3-4-10(16)7-12(8)18-14(20)9(2)22-15(21)11-5-6-13(19)17-11/h3-4,7,9,11H,5-6H2,1-2H3,(H,17,19)(H,18,20). The lowest BCUT2D eigenvalue weighted by molar-refractivity contribution is -0.155. The Bertz CT molecular complexity index is 618. The fourth-order valence-corrected chi connectivity index (χ4v) is 2.24. The molecule has 2 rings (SSSR count). The molecule has 2 amide bonds. The third-order valence-electron chi connectivity index (χ3n) is 3.40. The second-order valence-electron chi connectivity index (χ2n) is 5.19. The molecule has 0 spiro atoms. The zero-order valence-corrected chi connectivity index (χ0v) is 13.1. The highest BCUT2D eigenvalue weighted by atomic mass is 35.5. The van der Waals surface area contributed by atoms with Crippen molar-refractivity contribution in [1.82, 2.24) is 5.32 Å². The number of rotatable bonds is 4. The van der Waals surface area contributed by atoms with Gasteiger partial charge in [0.15, 0.2) is 6.10 Å². The van der Waals surface area contributed by atoms with Crippen molar-refractivity contribution in [3.8, 4) is 0 Å². The largest absolute Gasteiger partial charge is 0.451 e. The number of carbonyl (C=O) groups excluding carboxylic acids is 3. The zero-order chi connectivity index (χ0) is 16.3. The van der Waals surface area contributed by atoms with Crippen molar-refractivity contribution in [2.24, 2.45) is 0 Å². The van der Waals surface area contributed by atoms with Crippen LogP contribution in [0.1, 0.15) is 25.3 Å². The quantitative estimate of drug-likeness (QED) is 0.827.